The van der Waals surface area contributed by atoms with Gasteiger partial charge in [-0.25, -0.2) is 0 Å². The first-order valence-corrected chi connectivity index (χ1v) is 6.56. The molecule has 0 radical (unpaired) electrons. The number of nitrogens with zero attached hydrogens (tertiary/aromatic N) is 2. The van der Waals surface area contributed by atoms with Gasteiger partial charge >= 0.3 is 0 Å². The Morgan fingerprint density at radius 2 is 2.00 bits per heavy atom. The maximum atomic E-state index is 11.8. The quantitative estimate of drug-likeness (QED) is 0.787. The van der Waals surface area contributed by atoms with Crippen LogP contribution in [-0.4, -0.2) is 49.6 Å². The zero-order chi connectivity index (χ0) is 12.5. The Balaban J connectivity index is 1.73. The normalized spacial score (nSPS) is 24.1. The molecule has 3 rings (SSSR count). The SMILES string of the molecule is Cc1ccc(N2CCN3C(=O)CNCC3C2)cc1. The third-order valence-electron chi connectivity index (χ3n) is 3.86. The summed E-state index contributed by atoms with van der Waals surface area (Å²) >= 11 is 0. The maximum Gasteiger partial charge on any atom is 0.236 e. The Kier molecular flexibility index (Phi) is 2.96. The van der Waals surface area contributed by atoms with Crippen molar-refractivity contribution < 1.29 is 4.79 Å². The molecular weight excluding hydrogens is 226 g/mol. The predicted octanol–water partition coefficient (Wildman–Crippen LogP) is 0.615. The van der Waals surface area contributed by atoms with Crippen LogP contribution in [0.15, 0.2) is 24.3 Å². The Morgan fingerprint density at radius 3 is 2.78 bits per heavy atom. The summed E-state index contributed by atoms with van der Waals surface area (Å²) < 4.78 is 0. The molecule has 1 atom stereocenters. The number of anilines is 1. The van der Waals surface area contributed by atoms with Gasteiger partial charge in [0.2, 0.25) is 5.91 Å². The van der Waals surface area contributed by atoms with E-state index in [4.69, 9.17) is 0 Å². The second-order valence-corrected chi connectivity index (χ2v) is 5.15. The van der Waals surface area contributed by atoms with Crippen LogP contribution in [0.25, 0.3) is 0 Å². The summed E-state index contributed by atoms with van der Waals surface area (Å²) in [6, 6.07) is 8.95. The lowest BCUT2D eigenvalue weighted by molar-refractivity contribution is -0.135. The van der Waals surface area contributed by atoms with Crippen molar-refractivity contribution in [2.75, 3.05) is 37.6 Å². The molecule has 1 N–H and O–H groups in total. The van der Waals surface area contributed by atoms with Crippen molar-refractivity contribution >= 4 is 11.6 Å². The number of aryl methyl sites for hydroxylation is 1. The van der Waals surface area contributed by atoms with Crippen molar-refractivity contribution in [1.82, 2.24) is 10.2 Å². The molecule has 2 saturated heterocycles. The molecule has 0 aromatic heterocycles. The first-order valence-electron chi connectivity index (χ1n) is 6.56. The molecule has 96 valence electrons. The summed E-state index contributed by atoms with van der Waals surface area (Å²) in [6.45, 7) is 6.23. The van der Waals surface area contributed by atoms with Crippen LogP contribution < -0.4 is 10.2 Å². The van der Waals surface area contributed by atoms with E-state index in [1.807, 2.05) is 4.90 Å². The number of hydrogen-bond acceptors (Lipinski definition) is 3. The van der Waals surface area contributed by atoms with Crippen LogP contribution in [0, 0.1) is 6.92 Å². The highest BCUT2D eigenvalue weighted by Crippen LogP contribution is 2.20. The van der Waals surface area contributed by atoms with Gasteiger partial charge in [-0.15, -0.1) is 0 Å². The summed E-state index contributed by atoms with van der Waals surface area (Å²) in [7, 11) is 0. The third-order valence-corrected chi connectivity index (χ3v) is 3.86. The molecule has 2 heterocycles. The monoisotopic (exact) mass is 245 g/mol. The molecule has 1 unspecified atom stereocenters. The molecule has 18 heavy (non-hydrogen) atoms. The molecule has 0 spiro atoms. The number of carbonyl (C=O) groups excluding carboxylic acids is 1. The van der Waals surface area contributed by atoms with E-state index in [1.165, 1.54) is 11.3 Å². The number of rotatable bonds is 1. The molecule has 2 aliphatic heterocycles. The highest BCUT2D eigenvalue weighted by molar-refractivity contribution is 5.79. The van der Waals surface area contributed by atoms with Gasteiger partial charge in [-0.3, -0.25) is 4.79 Å². The molecule has 2 aliphatic rings. The number of benzene rings is 1. The van der Waals surface area contributed by atoms with Gasteiger partial charge in [-0.2, -0.15) is 0 Å². The van der Waals surface area contributed by atoms with Crippen LogP contribution in [0.2, 0.25) is 0 Å². The fourth-order valence-electron chi connectivity index (χ4n) is 2.80. The van der Waals surface area contributed by atoms with Crippen molar-refractivity contribution in [1.29, 1.82) is 0 Å². The third kappa shape index (κ3) is 2.08. The molecule has 0 saturated carbocycles. The predicted molar refractivity (Wildman–Crippen MR) is 71.8 cm³/mol. The van der Waals surface area contributed by atoms with E-state index in [-0.39, 0.29) is 5.91 Å². The zero-order valence-corrected chi connectivity index (χ0v) is 10.7. The van der Waals surface area contributed by atoms with Gasteiger partial charge in [-0.1, -0.05) is 17.7 Å². The Morgan fingerprint density at radius 1 is 1.22 bits per heavy atom. The molecule has 1 aromatic rings. The van der Waals surface area contributed by atoms with Crippen molar-refractivity contribution in [3.63, 3.8) is 0 Å². The number of piperazine rings is 2. The summed E-state index contributed by atoms with van der Waals surface area (Å²) in [5.74, 6) is 0.245. The van der Waals surface area contributed by atoms with Crippen molar-refractivity contribution in [3.8, 4) is 0 Å². The molecule has 1 amide bonds. The summed E-state index contributed by atoms with van der Waals surface area (Å²) in [6.07, 6.45) is 0. The van der Waals surface area contributed by atoms with Crippen LogP contribution in [-0.2, 0) is 4.79 Å². The lowest BCUT2D eigenvalue weighted by Gasteiger charge is -2.45. The van der Waals surface area contributed by atoms with E-state index in [1.54, 1.807) is 0 Å². The zero-order valence-electron chi connectivity index (χ0n) is 10.7. The molecule has 1 aromatic carbocycles. The summed E-state index contributed by atoms with van der Waals surface area (Å²) in [5, 5.41) is 3.20. The van der Waals surface area contributed by atoms with E-state index in [2.05, 4.69) is 41.4 Å². The van der Waals surface area contributed by atoms with Crippen molar-refractivity contribution in [3.05, 3.63) is 29.8 Å². The standard InChI is InChI=1S/C14H19N3O/c1-11-2-4-12(5-3-11)16-6-7-17-13(10-16)8-15-9-14(17)18/h2-5,13,15H,6-10H2,1H3. The smallest absolute Gasteiger partial charge is 0.236 e. The van der Waals surface area contributed by atoms with Crippen LogP contribution in [0.1, 0.15) is 5.56 Å². The molecular formula is C14H19N3O. The highest BCUT2D eigenvalue weighted by atomic mass is 16.2. The topological polar surface area (TPSA) is 35.6 Å². The Labute approximate surface area is 108 Å². The van der Waals surface area contributed by atoms with E-state index in [9.17, 15) is 4.79 Å². The first kappa shape index (κ1) is 11.5. The molecule has 4 nitrogen and oxygen atoms in total. The van der Waals surface area contributed by atoms with Gasteiger partial charge in [-0.05, 0) is 19.1 Å². The number of hydrogen-bond donors (Lipinski definition) is 1. The van der Waals surface area contributed by atoms with E-state index in [0.717, 1.165) is 26.2 Å². The number of carbonyl (C=O) groups is 1. The average Bonchev–Trinajstić information content (AvgIpc) is 2.39. The van der Waals surface area contributed by atoms with Gasteiger partial charge in [0.05, 0.1) is 12.6 Å². The second-order valence-electron chi connectivity index (χ2n) is 5.15. The van der Waals surface area contributed by atoms with E-state index < -0.39 is 0 Å². The molecule has 4 heteroatoms. The van der Waals surface area contributed by atoms with Gasteiger partial charge in [0.25, 0.3) is 0 Å². The lowest BCUT2D eigenvalue weighted by atomic mass is 10.1. The molecule has 2 fully saturated rings. The summed E-state index contributed by atoms with van der Waals surface area (Å²) in [4.78, 5) is 16.2. The fraction of sp³-hybridized carbons (Fsp3) is 0.500. The molecule has 0 aliphatic carbocycles. The first-order chi connectivity index (χ1) is 8.74. The largest absolute Gasteiger partial charge is 0.368 e. The highest BCUT2D eigenvalue weighted by Gasteiger charge is 2.32. The molecule has 0 bridgehead atoms. The fourth-order valence-corrected chi connectivity index (χ4v) is 2.80. The van der Waals surface area contributed by atoms with Crippen LogP contribution in [0.3, 0.4) is 0 Å². The van der Waals surface area contributed by atoms with Gasteiger partial charge < -0.3 is 15.1 Å². The van der Waals surface area contributed by atoms with Gasteiger partial charge in [0.1, 0.15) is 0 Å². The number of fused-ring (bicyclic) bond motifs is 1. The number of amides is 1. The van der Waals surface area contributed by atoms with Gasteiger partial charge in [0.15, 0.2) is 0 Å². The maximum absolute atomic E-state index is 11.8. The van der Waals surface area contributed by atoms with Crippen LogP contribution in [0.4, 0.5) is 5.69 Å². The van der Waals surface area contributed by atoms with Gasteiger partial charge in [0, 0.05) is 31.9 Å². The lowest BCUT2D eigenvalue weighted by Crippen LogP contribution is -2.63. The van der Waals surface area contributed by atoms with E-state index >= 15 is 0 Å². The van der Waals surface area contributed by atoms with Crippen LogP contribution in [0.5, 0.6) is 0 Å². The Hall–Kier alpha value is -1.55. The minimum atomic E-state index is 0.245. The van der Waals surface area contributed by atoms with E-state index in [0.29, 0.717) is 12.6 Å². The summed E-state index contributed by atoms with van der Waals surface area (Å²) in [5.41, 5.74) is 2.55. The van der Waals surface area contributed by atoms with Crippen molar-refractivity contribution in [2.24, 2.45) is 0 Å². The number of nitrogens with one attached hydrogen (secondary N) is 1. The van der Waals surface area contributed by atoms with Crippen LogP contribution >= 0.6 is 0 Å². The second kappa shape index (κ2) is 4.61. The average molecular weight is 245 g/mol. The minimum absolute atomic E-state index is 0.245. The Bertz CT molecular complexity index is 443. The minimum Gasteiger partial charge on any atom is -0.368 e. The van der Waals surface area contributed by atoms with Crippen molar-refractivity contribution in [2.45, 2.75) is 13.0 Å².